The van der Waals surface area contributed by atoms with Gasteiger partial charge in [-0.05, 0) is 103 Å². The van der Waals surface area contributed by atoms with E-state index in [2.05, 4.69) is 71.8 Å². The summed E-state index contributed by atoms with van der Waals surface area (Å²) in [6.45, 7) is 0.253. The van der Waals surface area contributed by atoms with Crippen LogP contribution in [0.3, 0.4) is 0 Å². The number of nitrogens with one attached hydrogen (secondary N) is 6. The highest BCUT2D eigenvalue weighted by molar-refractivity contribution is 5.97. The molecule has 89 heavy (non-hydrogen) atoms. The van der Waals surface area contributed by atoms with Gasteiger partial charge in [-0.25, -0.2) is 4.79 Å². The number of ketones is 1. The molecule has 0 heterocycles. The molecule has 8 unspecified atom stereocenters. The molecule has 0 fully saturated rings. The number of carboxylic acids is 1. The number of aliphatic imine (C=N–C) groups is 8. The molecule has 0 spiro atoms. The van der Waals surface area contributed by atoms with Gasteiger partial charge in [0.2, 0.25) is 35.4 Å². The van der Waals surface area contributed by atoms with Crippen LogP contribution in [-0.2, 0) is 38.4 Å². The average molecular weight is 1270 g/mol. The van der Waals surface area contributed by atoms with E-state index in [0.717, 1.165) is 0 Å². The topological polar surface area (TPSA) is 770 Å². The Morgan fingerprint density at radius 2 is 0.494 bits per heavy atom. The zero-order valence-corrected chi connectivity index (χ0v) is 50.4. The summed E-state index contributed by atoms with van der Waals surface area (Å²) in [7, 11) is 0. The lowest BCUT2D eigenvalue weighted by atomic mass is 9.91. The molecule has 0 aromatic carbocycles. The van der Waals surface area contributed by atoms with Gasteiger partial charge in [-0.1, -0.05) is 0 Å². The second-order valence-corrected chi connectivity index (χ2v) is 20.3. The molecule has 0 aromatic rings. The maximum absolute atomic E-state index is 14.7. The molecule has 0 aliphatic carbocycles. The van der Waals surface area contributed by atoms with Crippen LogP contribution in [0, 0.1) is 5.92 Å². The number of hydrogen-bond donors (Lipinski definition) is 24. The zero-order valence-electron chi connectivity index (χ0n) is 50.4. The monoisotopic (exact) mass is 1270 g/mol. The van der Waals surface area contributed by atoms with E-state index in [4.69, 9.17) is 97.5 Å². The molecule has 0 aliphatic heterocycles. The maximum atomic E-state index is 14.7. The number of nitrogens with zero attached hydrogens (tertiary/aromatic N) is 8. The standard InChI is InChI=1S/C49H99N31O9/c50-27(10-2-18-68-43(53)54)36(83)77-30(13-5-21-71-46(59)60)37(84)75-28(11-3-19-69-44(55)56)34(81)25-26(9-1-17-67-42(51)52)35(82)76-29(12-4-20-70-45(57)58)38(85)78-31(14-6-22-72-47(61)62)39(86)79-32(15-7-23-73-48(63)64)40(87)80-33(41(88)89)16-8-24-74-49(65)66/h26-33H,1-25,50H2,(H,75,84)(H,76,82)(H,77,83)(H,78,85)(H,79,86)(H,80,87)(H,88,89)(H4,51,52,67)(H4,53,54,68)(H4,55,56,69)(H4,57,58,70)(H4,59,60,71)(H4,61,62,72)(H4,63,64,73)(H4,65,66,74). The van der Waals surface area contributed by atoms with Crippen molar-refractivity contribution < 1.29 is 43.5 Å². The van der Waals surface area contributed by atoms with Gasteiger partial charge in [-0.3, -0.25) is 73.5 Å². The summed E-state index contributed by atoms with van der Waals surface area (Å²) in [5, 5.41) is 25.7. The fourth-order valence-electron chi connectivity index (χ4n) is 8.23. The maximum Gasteiger partial charge on any atom is 0.326 e. The van der Waals surface area contributed by atoms with Crippen molar-refractivity contribution in [3.8, 4) is 0 Å². The van der Waals surface area contributed by atoms with Crippen LogP contribution in [0.25, 0.3) is 0 Å². The fraction of sp³-hybridized carbons (Fsp3) is 0.673. The van der Waals surface area contributed by atoms with Crippen LogP contribution in [0.15, 0.2) is 39.9 Å². The molecule has 0 saturated heterocycles. The van der Waals surface area contributed by atoms with Crippen LogP contribution in [-0.4, -0.2) is 195 Å². The van der Waals surface area contributed by atoms with Gasteiger partial charge in [0.25, 0.3) is 0 Å². The molecule has 6 amide bonds. The van der Waals surface area contributed by atoms with Crippen LogP contribution in [0.1, 0.15) is 109 Å². The van der Waals surface area contributed by atoms with Crippen molar-refractivity contribution in [2.24, 2.45) is 143 Å². The number of carbonyl (C=O) groups is 8. The van der Waals surface area contributed by atoms with Gasteiger partial charge < -0.3 is 134 Å². The molecule has 40 heteroatoms. The number of nitrogens with two attached hydrogens (primary N) is 17. The Morgan fingerprint density at radius 1 is 0.281 bits per heavy atom. The quantitative estimate of drug-likeness (QED) is 0.0153. The Labute approximate surface area is 516 Å². The number of guanidine groups is 8. The normalized spacial score (nSPS) is 13.3. The number of amides is 6. The molecule has 0 aliphatic rings. The highest BCUT2D eigenvalue weighted by Crippen LogP contribution is 2.18. The van der Waals surface area contributed by atoms with Crippen LogP contribution < -0.4 is 129 Å². The van der Waals surface area contributed by atoms with E-state index in [9.17, 15) is 43.5 Å². The molecule has 41 N–H and O–H groups in total. The predicted octanol–water partition coefficient (Wildman–Crippen LogP) is -10.7. The minimum Gasteiger partial charge on any atom is -0.480 e. The van der Waals surface area contributed by atoms with Crippen molar-refractivity contribution in [2.75, 3.05) is 52.4 Å². The predicted molar refractivity (Wildman–Crippen MR) is 340 cm³/mol. The van der Waals surface area contributed by atoms with Crippen molar-refractivity contribution in [1.29, 1.82) is 0 Å². The van der Waals surface area contributed by atoms with E-state index >= 15 is 0 Å². The molecular weight excluding hydrogens is 1170 g/mol. The third kappa shape index (κ3) is 40.2. The van der Waals surface area contributed by atoms with Gasteiger partial charge in [0.1, 0.15) is 30.2 Å². The first-order chi connectivity index (χ1) is 41.9. The summed E-state index contributed by atoms with van der Waals surface area (Å²) < 4.78 is 0. The Morgan fingerprint density at radius 3 is 0.775 bits per heavy atom. The van der Waals surface area contributed by atoms with Gasteiger partial charge >= 0.3 is 5.97 Å². The second-order valence-electron chi connectivity index (χ2n) is 20.3. The van der Waals surface area contributed by atoms with Crippen LogP contribution in [0.4, 0.5) is 0 Å². The van der Waals surface area contributed by atoms with E-state index in [0.29, 0.717) is 6.42 Å². The Hall–Kier alpha value is -9.92. The lowest BCUT2D eigenvalue weighted by molar-refractivity contribution is -0.142. The van der Waals surface area contributed by atoms with Crippen LogP contribution in [0.5, 0.6) is 0 Å². The zero-order chi connectivity index (χ0) is 67.4. The smallest absolute Gasteiger partial charge is 0.326 e. The number of carbonyl (C=O) groups excluding carboxylic acids is 7. The molecule has 0 bridgehead atoms. The molecule has 0 saturated carbocycles. The van der Waals surface area contributed by atoms with Crippen molar-refractivity contribution in [2.45, 2.75) is 151 Å². The number of aliphatic carboxylic acids is 1. The van der Waals surface area contributed by atoms with Crippen molar-refractivity contribution in [1.82, 2.24) is 31.9 Å². The molecular formula is C49H99N31O9. The minimum atomic E-state index is -1.48. The molecule has 8 atom stereocenters. The van der Waals surface area contributed by atoms with Gasteiger partial charge in [0.15, 0.2) is 53.5 Å². The van der Waals surface area contributed by atoms with Crippen LogP contribution in [0.2, 0.25) is 0 Å². The summed E-state index contributed by atoms with van der Waals surface area (Å²) in [5.41, 5.74) is 94.3. The van der Waals surface area contributed by atoms with Crippen molar-refractivity contribution in [3.05, 3.63) is 0 Å². The molecule has 0 radical (unpaired) electrons. The number of hydrogen-bond acceptors (Lipinski definition) is 17. The highest BCUT2D eigenvalue weighted by atomic mass is 16.4. The lowest BCUT2D eigenvalue weighted by Gasteiger charge is -2.27. The van der Waals surface area contributed by atoms with Gasteiger partial charge in [0.05, 0.1) is 12.1 Å². The Balaban J connectivity index is 7.48. The van der Waals surface area contributed by atoms with E-state index in [1.807, 2.05) is 0 Å². The number of carboxylic acid groups (broad SMARTS) is 1. The molecule has 0 aromatic heterocycles. The first kappa shape index (κ1) is 79.1. The summed E-state index contributed by atoms with van der Waals surface area (Å²) in [4.78, 5) is 144. The molecule has 0 rings (SSSR count). The van der Waals surface area contributed by atoms with E-state index in [1.165, 1.54) is 0 Å². The van der Waals surface area contributed by atoms with E-state index in [-0.39, 0.29) is 196 Å². The second kappa shape index (κ2) is 45.4. The van der Waals surface area contributed by atoms with E-state index in [1.54, 1.807) is 0 Å². The van der Waals surface area contributed by atoms with Gasteiger partial charge in [-0.15, -0.1) is 0 Å². The highest BCUT2D eigenvalue weighted by Gasteiger charge is 2.35. The summed E-state index contributed by atoms with van der Waals surface area (Å²) in [6, 6.07) is -9.57. The lowest BCUT2D eigenvalue weighted by Crippen LogP contribution is -2.58. The number of rotatable bonds is 48. The summed E-state index contributed by atoms with van der Waals surface area (Å²) in [6.07, 6.45) is -0.0498. The number of Topliss-reactive ketones (excluding diaryl/α,β-unsaturated/α-hetero) is 1. The average Bonchev–Trinajstić information content (AvgIpc) is 3.35. The third-order valence-corrected chi connectivity index (χ3v) is 12.7. The fourth-order valence-corrected chi connectivity index (χ4v) is 8.23. The molecule has 504 valence electrons. The molecule has 40 nitrogen and oxygen atoms in total. The Bertz CT molecular complexity index is 2470. The SMILES string of the molecule is NC(N)=NCCCC(N)C(=O)NC(CCCN=C(N)N)C(=O)NC(CCCN=C(N)N)C(=O)CC(CCCN=C(N)N)C(=O)NC(CCCN=C(N)N)C(=O)NC(CCCN=C(N)N)C(=O)NC(CCCN=C(N)N)C(=O)NC(CCCN=C(N)N)C(=O)O. The first-order valence-electron chi connectivity index (χ1n) is 28.7. The minimum absolute atomic E-state index is 0.000589. The third-order valence-electron chi connectivity index (χ3n) is 12.7. The van der Waals surface area contributed by atoms with Gasteiger partial charge in [-0.2, -0.15) is 0 Å². The Kier molecular flexibility index (Phi) is 40.3. The summed E-state index contributed by atoms with van der Waals surface area (Å²) in [5.74, 6) is -10.3. The first-order valence-corrected chi connectivity index (χ1v) is 28.7. The van der Waals surface area contributed by atoms with Crippen molar-refractivity contribution >= 4 is 94.9 Å². The van der Waals surface area contributed by atoms with Crippen molar-refractivity contribution in [3.63, 3.8) is 0 Å². The summed E-state index contributed by atoms with van der Waals surface area (Å²) >= 11 is 0. The van der Waals surface area contributed by atoms with Crippen LogP contribution >= 0.6 is 0 Å². The van der Waals surface area contributed by atoms with Gasteiger partial charge in [0, 0.05) is 64.7 Å². The largest absolute Gasteiger partial charge is 0.480 e. The van der Waals surface area contributed by atoms with E-state index < -0.39 is 102 Å².